The largest absolute Gasteiger partial charge is 0.356 e. The van der Waals surface area contributed by atoms with Crippen LogP contribution in [0.2, 0.25) is 0 Å². The van der Waals surface area contributed by atoms with E-state index < -0.39 is 10.0 Å². The second kappa shape index (κ2) is 11.8. The fourth-order valence-electron chi connectivity index (χ4n) is 6.46. The molecule has 3 fully saturated rings. The lowest BCUT2D eigenvalue weighted by molar-refractivity contribution is 0.112. The summed E-state index contributed by atoms with van der Waals surface area (Å²) in [6, 6.07) is 16.1. The second-order valence-electron chi connectivity index (χ2n) is 11.3. The van der Waals surface area contributed by atoms with Crippen molar-refractivity contribution in [3.8, 4) is 0 Å². The highest BCUT2D eigenvalue weighted by Crippen LogP contribution is 2.28. The maximum absolute atomic E-state index is 13.4. The number of nitrogens with one attached hydrogen (secondary N) is 1. The van der Waals surface area contributed by atoms with Crippen LogP contribution >= 0.6 is 0 Å². The molecule has 6 rings (SSSR count). The van der Waals surface area contributed by atoms with E-state index in [1.54, 1.807) is 10.4 Å². The molecule has 39 heavy (non-hydrogen) atoms. The fourth-order valence-corrected chi connectivity index (χ4v) is 7.96. The summed E-state index contributed by atoms with van der Waals surface area (Å²) in [5.41, 5.74) is 0. The maximum Gasteiger partial charge on any atom is 0.243 e. The number of nitrogens with zero attached hydrogens (tertiary/aromatic N) is 5. The number of fused-ring (bicyclic) bond motifs is 1. The van der Waals surface area contributed by atoms with Gasteiger partial charge in [-0.2, -0.15) is 9.29 Å². The molecule has 0 radical (unpaired) electrons. The third-order valence-corrected chi connectivity index (χ3v) is 10.6. The molecule has 0 amide bonds. The molecule has 1 N–H and O–H groups in total. The molecule has 8 nitrogen and oxygen atoms in total. The Labute approximate surface area is 232 Å². The van der Waals surface area contributed by atoms with Gasteiger partial charge in [-0.15, -0.1) is 0 Å². The van der Waals surface area contributed by atoms with E-state index in [-0.39, 0.29) is 0 Å². The average Bonchev–Trinajstić information content (AvgIpc) is 3.27. The maximum atomic E-state index is 13.4. The van der Waals surface area contributed by atoms with Crippen LogP contribution in [0, 0.1) is 0 Å². The van der Waals surface area contributed by atoms with Crippen molar-refractivity contribution in [3.63, 3.8) is 0 Å². The van der Waals surface area contributed by atoms with Crippen LogP contribution in [0.15, 0.2) is 59.6 Å². The van der Waals surface area contributed by atoms with Gasteiger partial charge in [0.05, 0.1) is 4.90 Å². The number of anilines is 2. The molecule has 1 aromatic heterocycles. The van der Waals surface area contributed by atoms with Crippen molar-refractivity contribution in [2.24, 2.45) is 0 Å². The Hall–Kier alpha value is -2.75. The zero-order valence-corrected chi connectivity index (χ0v) is 23.5. The van der Waals surface area contributed by atoms with Gasteiger partial charge in [-0.3, -0.25) is 4.90 Å². The van der Waals surface area contributed by atoms with Crippen LogP contribution in [-0.4, -0.2) is 78.9 Å². The van der Waals surface area contributed by atoms with Crippen molar-refractivity contribution in [2.75, 3.05) is 49.5 Å². The van der Waals surface area contributed by atoms with Crippen molar-refractivity contribution >= 4 is 32.6 Å². The van der Waals surface area contributed by atoms with Crippen LogP contribution < -0.4 is 10.2 Å². The van der Waals surface area contributed by atoms with Crippen LogP contribution in [0.1, 0.15) is 51.4 Å². The Kier molecular flexibility index (Phi) is 7.99. The number of likely N-dealkylation sites (tertiary alicyclic amines) is 1. The van der Waals surface area contributed by atoms with Crippen LogP contribution in [0.5, 0.6) is 0 Å². The van der Waals surface area contributed by atoms with E-state index in [9.17, 15) is 8.42 Å². The minimum Gasteiger partial charge on any atom is -0.356 e. The molecule has 3 aliphatic rings. The van der Waals surface area contributed by atoms with Gasteiger partial charge in [0.2, 0.25) is 16.0 Å². The first-order valence-corrected chi connectivity index (χ1v) is 16.1. The monoisotopic (exact) mass is 548 g/mol. The van der Waals surface area contributed by atoms with Gasteiger partial charge < -0.3 is 10.2 Å². The van der Waals surface area contributed by atoms with Gasteiger partial charge in [-0.1, -0.05) is 43.2 Å². The van der Waals surface area contributed by atoms with Gasteiger partial charge in [0.1, 0.15) is 5.82 Å². The fraction of sp³-hybridized carbons (Fsp3) is 0.533. The molecule has 1 atom stereocenters. The van der Waals surface area contributed by atoms with Gasteiger partial charge in [0.15, 0.2) is 0 Å². The normalized spacial score (nSPS) is 22.6. The Balaban J connectivity index is 1.05. The number of sulfonamides is 1. The molecular weight excluding hydrogens is 508 g/mol. The number of hydrogen-bond acceptors (Lipinski definition) is 7. The third-order valence-electron chi connectivity index (χ3n) is 8.66. The van der Waals surface area contributed by atoms with E-state index in [2.05, 4.69) is 20.1 Å². The summed E-state index contributed by atoms with van der Waals surface area (Å²) in [7, 11) is -3.49. The van der Waals surface area contributed by atoms with Crippen LogP contribution in [0.25, 0.3) is 10.8 Å². The first kappa shape index (κ1) is 26.5. The zero-order valence-electron chi connectivity index (χ0n) is 22.7. The molecule has 1 unspecified atom stereocenters. The lowest BCUT2D eigenvalue weighted by Crippen LogP contribution is -2.51. The highest BCUT2D eigenvalue weighted by Gasteiger charge is 2.33. The standard InChI is InChI=1S/C30H40N6O2S/c37-39(38,28-12-11-24-8-3-4-9-25(24)22-28)36-20-14-27(15-21-36)35-19-7-10-26(23-35)32-30-31-16-13-29(33-30)34-17-5-1-2-6-18-34/h3-4,8-9,11-13,16,22,26-27H,1-2,5-7,10,14-15,17-21,23H2,(H,31,32,33). The number of aromatic nitrogens is 2. The second-order valence-corrected chi connectivity index (χ2v) is 13.2. The number of rotatable bonds is 6. The van der Waals surface area contributed by atoms with E-state index in [0.29, 0.717) is 30.1 Å². The van der Waals surface area contributed by atoms with Crippen LogP contribution in [0.3, 0.4) is 0 Å². The molecule has 3 aliphatic heterocycles. The molecule has 9 heteroatoms. The minimum atomic E-state index is -3.49. The molecule has 208 valence electrons. The molecule has 4 heterocycles. The molecule has 2 aromatic carbocycles. The Bertz CT molecular complexity index is 1370. The number of hydrogen-bond donors (Lipinski definition) is 1. The first-order valence-electron chi connectivity index (χ1n) is 14.6. The summed E-state index contributed by atoms with van der Waals surface area (Å²) < 4.78 is 28.5. The smallest absolute Gasteiger partial charge is 0.243 e. The lowest BCUT2D eigenvalue weighted by Gasteiger charge is -2.42. The minimum absolute atomic E-state index is 0.303. The summed E-state index contributed by atoms with van der Waals surface area (Å²) in [6.07, 6.45) is 10.9. The van der Waals surface area contributed by atoms with Crippen LogP contribution in [0.4, 0.5) is 11.8 Å². The highest BCUT2D eigenvalue weighted by atomic mass is 32.2. The van der Waals surface area contributed by atoms with Gasteiger partial charge in [-0.25, -0.2) is 13.4 Å². The summed E-state index contributed by atoms with van der Waals surface area (Å²) in [6.45, 7) is 5.28. The van der Waals surface area contributed by atoms with Crippen molar-refractivity contribution < 1.29 is 8.42 Å². The molecule has 3 aromatic rings. The predicted octanol–water partition coefficient (Wildman–Crippen LogP) is 4.74. The Morgan fingerprint density at radius 2 is 1.56 bits per heavy atom. The van der Waals surface area contributed by atoms with Crippen molar-refractivity contribution in [1.82, 2.24) is 19.2 Å². The summed E-state index contributed by atoms with van der Waals surface area (Å²) in [5.74, 6) is 1.75. The molecule has 0 spiro atoms. The predicted molar refractivity (Wildman–Crippen MR) is 157 cm³/mol. The molecule has 0 aliphatic carbocycles. The molecule has 0 bridgehead atoms. The van der Waals surface area contributed by atoms with Crippen molar-refractivity contribution in [3.05, 3.63) is 54.7 Å². The first-order chi connectivity index (χ1) is 19.1. The van der Waals surface area contributed by atoms with E-state index in [4.69, 9.17) is 4.98 Å². The molecule has 0 saturated carbocycles. The Morgan fingerprint density at radius 1 is 0.795 bits per heavy atom. The van der Waals surface area contributed by atoms with Gasteiger partial charge in [0, 0.05) is 51.0 Å². The van der Waals surface area contributed by atoms with Gasteiger partial charge >= 0.3 is 0 Å². The summed E-state index contributed by atoms with van der Waals surface area (Å²) in [5, 5.41) is 5.63. The number of benzene rings is 2. The van der Waals surface area contributed by atoms with E-state index >= 15 is 0 Å². The molecule has 3 saturated heterocycles. The van der Waals surface area contributed by atoms with Crippen LogP contribution in [-0.2, 0) is 10.0 Å². The quantitative estimate of drug-likeness (QED) is 0.477. The summed E-state index contributed by atoms with van der Waals surface area (Å²) in [4.78, 5) is 14.7. The summed E-state index contributed by atoms with van der Waals surface area (Å²) >= 11 is 0. The van der Waals surface area contributed by atoms with Gasteiger partial charge in [0.25, 0.3) is 0 Å². The third kappa shape index (κ3) is 6.05. The number of piperidine rings is 2. The van der Waals surface area contributed by atoms with Gasteiger partial charge in [-0.05, 0) is 74.0 Å². The SMILES string of the molecule is O=S(=O)(c1ccc2ccccc2c1)N1CCC(N2CCCC(Nc3nccc(N4CCCCCC4)n3)C2)CC1. The molecular formula is C30H40N6O2S. The Morgan fingerprint density at radius 3 is 2.36 bits per heavy atom. The van der Waals surface area contributed by atoms with Crippen molar-refractivity contribution in [1.29, 1.82) is 0 Å². The average molecular weight is 549 g/mol. The highest BCUT2D eigenvalue weighted by molar-refractivity contribution is 7.89. The lowest BCUT2D eigenvalue weighted by atomic mass is 9.99. The topological polar surface area (TPSA) is 81.7 Å². The van der Waals surface area contributed by atoms with E-state index in [1.807, 2.05) is 48.7 Å². The van der Waals surface area contributed by atoms with E-state index in [1.165, 1.54) is 25.7 Å². The van der Waals surface area contributed by atoms with Crippen molar-refractivity contribution in [2.45, 2.75) is 68.3 Å². The van der Waals surface area contributed by atoms with E-state index in [0.717, 1.165) is 74.4 Å². The zero-order chi connectivity index (χ0) is 26.7.